The Hall–Kier alpha value is -2.66. The van der Waals surface area contributed by atoms with Gasteiger partial charge in [0.2, 0.25) is 0 Å². The number of amides is 1. The predicted molar refractivity (Wildman–Crippen MR) is 110 cm³/mol. The maximum absolute atomic E-state index is 12.6. The minimum absolute atomic E-state index is 0.0258. The molecule has 0 bridgehead atoms. The summed E-state index contributed by atoms with van der Waals surface area (Å²) in [6.07, 6.45) is 0. The minimum Gasteiger partial charge on any atom is -0.497 e. The third-order valence-electron chi connectivity index (χ3n) is 5.26. The summed E-state index contributed by atoms with van der Waals surface area (Å²) in [5.41, 5.74) is 2.65. The van der Waals surface area contributed by atoms with E-state index < -0.39 is 0 Å². The molecule has 28 heavy (non-hydrogen) atoms. The van der Waals surface area contributed by atoms with Crippen LogP contribution in [0.1, 0.15) is 46.0 Å². The third kappa shape index (κ3) is 4.78. The second-order valence-electron chi connectivity index (χ2n) is 7.50. The van der Waals surface area contributed by atoms with E-state index in [0.717, 1.165) is 11.3 Å². The van der Waals surface area contributed by atoms with Gasteiger partial charge in [0.15, 0.2) is 5.78 Å². The van der Waals surface area contributed by atoms with Crippen LogP contribution < -0.4 is 4.74 Å². The number of hydrogen-bond donors (Lipinski definition) is 0. The summed E-state index contributed by atoms with van der Waals surface area (Å²) in [7, 11) is 1.61. The highest BCUT2D eigenvalue weighted by atomic mass is 16.5. The number of ketones is 1. The number of piperazine rings is 1. The van der Waals surface area contributed by atoms with Crippen LogP contribution in [0.4, 0.5) is 0 Å². The average molecular weight is 380 g/mol. The molecule has 2 aromatic carbocycles. The van der Waals surface area contributed by atoms with Gasteiger partial charge in [0.05, 0.1) is 13.7 Å². The van der Waals surface area contributed by atoms with Crippen LogP contribution in [0.15, 0.2) is 48.5 Å². The number of methoxy groups -OCH3 is 1. The Bertz CT molecular complexity index is 805. The van der Waals surface area contributed by atoms with E-state index in [4.69, 9.17) is 4.74 Å². The number of ether oxygens (including phenoxy) is 1. The maximum atomic E-state index is 12.6. The number of carbonyl (C=O) groups is 2. The van der Waals surface area contributed by atoms with Crippen molar-refractivity contribution in [3.8, 4) is 5.75 Å². The molecule has 0 radical (unpaired) electrons. The fraction of sp³-hybridized carbons (Fsp3) is 0.391. The molecule has 148 valence electrons. The lowest BCUT2D eigenvalue weighted by molar-refractivity contribution is 0.0624. The van der Waals surface area contributed by atoms with E-state index in [0.29, 0.717) is 44.2 Å². The van der Waals surface area contributed by atoms with Crippen molar-refractivity contribution in [3.05, 3.63) is 65.2 Å². The Balaban J connectivity index is 1.51. The molecule has 0 atom stereocenters. The number of Topliss-reactive ketones (excluding diaryl/α,β-unsaturated/α-hetero) is 1. The van der Waals surface area contributed by atoms with E-state index in [1.165, 1.54) is 5.56 Å². The number of carbonyl (C=O) groups excluding carboxylic acids is 2. The fourth-order valence-electron chi connectivity index (χ4n) is 3.37. The van der Waals surface area contributed by atoms with Gasteiger partial charge < -0.3 is 9.64 Å². The van der Waals surface area contributed by atoms with Gasteiger partial charge in [0.1, 0.15) is 5.75 Å². The average Bonchev–Trinajstić information content (AvgIpc) is 2.74. The van der Waals surface area contributed by atoms with Crippen LogP contribution in [0.2, 0.25) is 0 Å². The summed E-state index contributed by atoms with van der Waals surface area (Å²) in [6.45, 7) is 7.35. The van der Waals surface area contributed by atoms with Gasteiger partial charge in [0, 0.05) is 37.3 Å². The lowest BCUT2D eigenvalue weighted by atomic mass is 10.0. The van der Waals surface area contributed by atoms with Crippen molar-refractivity contribution in [1.29, 1.82) is 0 Å². The summed E-state index contributed by atoms with van der Waals surface area (Å²) in [5.74, 6) is 1.35. The van der Waals surface area contributed by atoms with Crippen LogP contribution in [0.25, 0.3) is 0 Å². The lowest BCUT2D eigenvalue weighted by Gasteiger charge is -2.34. The van der Waals surface area contributed by atoms with E-state index in [9.17, 15) is 9.59 Å². The molecule has 1 amide bonds. The van der Waals surface area contributed by atoms with Crippen LogP contribution >= 0.6 is 0 Å². The number of nitrogens with zero attached hydrogens (tertiary/aromatic N) is 2. The third-order valence-corrected chi connectivity index (χ3v) is 5.26. The molecule has 2 aromatic rings. The van der Waals surface area contributed by atoms with Crippen LogP contribution in [0, 0.1) is 0 Å². The maximum Gasteiger partial charge on any atom is 0.253 e. The number of rotatable bonds is 6. The van der Waals surface area contributed by atoms with Crippen molar-refractivity contribution in [2.45, 2.75) is 19.8 Å². The minimum atomic E-state index is 0.0258. The molecular weight excluding hydrogens is 352 g/mol. The van der Waals surface area contributed by atoms with Crippen LogP contribution in [-0.2, 0) is 0 Å². The zero-order chi connectivity index (χ0) is 20.1. The second-order valence-corrected chi connectivity index (χ2v) is 7.50. The molecule has 1 saturated heterocycles. The van der Waals surface area contributed by atoms with Gasteiger partial charge in [-0.25, -0.2) is 0 Å². The Morgan fingerprint density at radius 2 is 1.46 bits per heavy atom. The molecule has 3 rings (SSSR count). The highest BCUT2D eigenvalue weighted by molar-refractivity contribution is 5.97. The largest absolute Gasteiger partial charge is 0.497 e. The standard InChI is InChI=1S/C23H28N2O3/c1-17(2)18-4-6-19(7-5-18)22(26)16-24-12-14-25(15-13-24)23(27)20-8-10-21(28-3)11-9-20/h4-11,17H,12-16H2,1-3H3. The van der Waals surface area contributed by atoms with Crippen LogP contribution in [0.5, 0.6) is 5.75 Å². The first-order valence-corrected chi connectivity index (χ1v) is 9.77. The predicted octanol–water partition coefficient (Wildman–Crippen LogP) is 3.46. The lowest BCUT2D eigenvalue weighted by Crippen LogP contribution is -2.49. The van der Waals surface area contributed by atoms with E-state index in [1.807, 2.05) is 29.2 Å². The Morgan fingerprint density at radius 1 is 0.893 bits per heavy atom. The van der Waals surface area contributed by atoms with Gasteiger partial charge >= 0.3 is 0 Å². The zero-order valence-electron chi connectivity index (χ0n) is 16.9. The van der Waals surface area contributed by atoms with Crippen molar-refractivity contribution in [3.63, 3.8) is 0 Å². The van der Waals surface area contributed by atoms with Gasteiger partial charge in [0.25, 0.3) is 5.91 Å². The summed E-state index contributed by atoms with van der Waals surface area (Å²) in [6, 6.07) is 15.1. The summed E-state index contributed by atoms with van der Waals surface area (Å²) >= 11 is 0. The van der Waals surface area contributed by atoms with Gasteiger partial charge in [-0.2, -0.15) is 0 Å². The van der Waals surface area contributed by atoms with E-state index >= 15 is 0 Å². The smallest absolute Gasteiger partial charge is 0.253 e. The summed E-state index contributed by atoms with van der Waals surface area (Å²) in [4.78, 5) is 29.2. The first-order chi connectivity index (χ1) is 13.5. The molecule has 5 heteroatoms. The molecule has 1 aliphatic rings. The van der Waals surface area contributed by atoms with E-state index in [2.05, 4.69) is 18.7 Å². The quantitative estimate of drug-likeness (QED) is 0.720. The van der Waals surface area contributed by atoms with E-state index in [1.54, 1.807) is 31.4 Å². The monoisotopic (exact) mass is 380 g/mol. The molecule has 1 fully saturated rings. The first-order valence-electron chi connectivity index (χ1n) is 9.77. The number of benzene rings is 2. The fourth-order valence-corrected chi connectivity index (χ4v) is 3.37. The number of hydrogen-bond acceptors (Lipinski definition) is 4. The van der Waals surface area contributed by atoms with Crippen LogP contribution in [0.3, 0.4) is 0 Å². The van der Waals surface area contributed by atoms with E-state index in [-0.39, 0.29) is 11.7 Å². The molecule has 1 heterocycles. The molecule has 1 aliphatic heterocycles. The molecule has 0 aromatic heterocycles. The highest BCUT2D eigenvalue weighted by Crippen LogP contribution is 2.16. The van der Waals surface area contributed by atoms with Gasteiger partial charge in [-0.15, -0.1) is 0 Å². The molecular formula is C23H28N2O3. The molecule has 0 N–H and O–H groups in total. The summed E-state index contributed by atoms with van der Waals surface area (Å²) in [5, 5.41) is 0. The van der Waals surface area contributed by atoms with Gasteiger partial charge in [-0.1, -0.05) is 38.1 Å². The zero-order valence-corrected chi connectivity index (χ0v) is 16.9. The Labute approximate surface area is 166 Å². The van der Waals surface area contributed by atoms with Gasteiger partial charge in [-0.05, 0) is 35.7 Å². The Kier molecular flexibility index (Phi) is 6.47. The first kappa shape index (κ1) is 20.1. The second kappa shape index (κ2) is 9.02. The molecule has 0 aliphatic carbocycles. The molecule has 0 saturated carbocycles. The SMILES string of the molecule is COc1ccc(C(=O)N2CCN(CC(=O)c3ccc(C(C)C)cc3)CC2)cc1. The normalized spacial score (nSPS) is 14.9. The Morgan fingerprint density at radius 3 is 2.00 bits per heavy atom. The van der Waals surface area contributed by atoms with Crippen molar-refractivity contribution >= 4 is 11.7 Å². The van der Waals surface area contributed by atoms with Crippen molar-refractivity contribution in [1.82, 2.24) is 9.80 Å². The highest BCUT2D eigenvalue weighted by Gasteiger charge is 2.23. The van der Waals surface area contributed by atoms with Gasteiger partial charge in [-0.3, -0.25) is 14.5 Å². The van der Waals surface area contributed by atoms with Crippen molar-refractivity contribution in [2.75, 3.05) is 39.8 Å². The summed E-state index contributed by atoms with van der Waals surface area (Å²) < 4.78 is 5.14. The topological polar surface area (TPSA) is 49.9 Å². The van der Waals surface area contributed by atoms with Crippen molar-refractivity contribution in [2.24, 2.45) is 0 Å². The molecule has 5 nitrogen and oxygen atoms in total. The molecule has 0 unspecified atom stereocenters. The molecule has 0 spiro atoms. The van der Waals surface area contributed by atoms with Crippen LogP contribution in [-0.4, -0.2) is 61.3 Å². The van der Waals surface area contributed by atoms with Crippen molar-refractivity contribution < 1.29 is 14.3 Å².